The Balaban J connectivity index is 4.54. The van der Waals surface area contributed by atoms with Crippen LogP contribution in [0, 0.1) is 0 Å². The molecule has 0 N–H and O–H groups in total. The van der Waals surface area contributed by atoms with Gasteiger partial charge < -0.3 is 14.0 Å². The number of hydrogen-bond donors (Lipinski definition) is 0. The van der Waals surface area contributed by atoms with Crippen LogP contribution in [-0.2, 0) is 18.8 Å². The minimum atomic E-state index is -2.01. The van der Waals surface area contributed by atoms with Gasteiger partial charge >= 0.3 is 5.97 Å². The second-order valence-corrected chi connectivity index (χ2v) is 10.1. The number of carbonyl (C=O) groups excluding carboxylic acids is 2. The molecule has 0 bridgehead atoms. The van der Waals surface area contributed by atoms with Crippen LogP contribution in [0.4, 0.5) is 0 Å². The zero-order valence-corrected chi connectivity index (χ0v) is 12.0. The van der Waals surface area contributed by atoms with E-state index < -0.39 is 20.4 Å². The molecule has 0 aromatic rings. The SMILES string of the molecule is COC(=O)CC(C=O)O[Si](C)(C)C(C)(C)C. The highest BCUT2D eigenvalue weighted by Gasteiger charge is 2.39. The zero-order chi connectivity index (χ0) is 13.0. The van der Waals surface area contributed by atoms with Crippen LogP contribution in [0.5, 0.6) is 0 Å². The van der Waals surface area contributed by atoms with Crippen molar-refractivity contribution >= 4 is 20.6 Å². The maximum atomic E-state index is 11.1. The third kappa shape index (κ3) is 4.45. The Hall–Kier alpha value is -0.683. The van der Waals surface area contributed by atoms with Crippen molar-refractivity contribution in [3.05, 3.63) is 0 Å². The first-order valence-corrected chi connectivity index (χ1v) is 8.25. The summed E-state index contributed by atoms with van der Waals surface area (Å²) in [5.74, 6) is -0.421. The summed E-state index contributed by atoms with van der Waals surface area (Å²) >= 11 is 0. The molecule has 0 aromatic carbocycles. The Kier molecular flexibility index (Phi) is 5.35. The highest BCUT2D eigenvalue weighted by atomic mass is 28.4. The Morgan fingerprint density at radius 1 is 1.38 bits per heavy atom. The van der Waals surface area contributed by atoms with Gasteiger partial charge in [0, 0.05) is 0 Å². The lowest BCUT2D eigenvalue weighted by atomic mass is 10.2. The average Bonchev–Trinajstić information content (AvgIpc) is 2.14. The topological polar surface area (TPSA) is 52.6 Å². The van der Waals surface area contributed by atoms with Gasteiger partial charge in [0.1, 0.15) is 12.4 Å². The molecule has 94 valence electrons. The number of esters is 1. The molecular formula is C11H22O4Si. The fourth-order valence-electron chi connectivity index (χ4n) is 0.920. The molecule has 1 unspecified atom stereocenters. The highest BCUT2D eigenvalue weighted by molar-refractivity contribution is 6.74. The molecule has 1 atom stereocenters. The van der Waals surface area contributed by atoms with E-state index in [-0.39, 0.29) is 11.5 Å². The van der Waals surface area contributed by atoms with Crippen molar-refractivity contribution in [2.75, 3.05) is 7.11 Å². The van der Waals surface area contributed by atoms with E-state index in [4.69, 9.17) is 4.43 Å². The first-order valence-electron chi connectivity index (χ1n) is 5.34. The molecular weight excluding hydrogens is 224 g/mol. The van der Waals surface area contributed by atoms with Crippen molar-refractivity contribution in [3.63, 3.8) is 0 Å². The fraction of sp³-hybridized carbons (Fsp3) is 0.818. The summed E-state index contributed by atoms with van der Waals surface area (Å²) in [6.45, 7) is 10.3. The van der Waals surface area contributed by atoms with Gasteiger partial charge in [-0.15, -0.1) is 0 Å². The van der Waals surface area contributed by atoms with Gasteiger partial charge in [-0.25, -0.2) is 0 Å². The maximum absolute atomic E-state index is 11.1. The lowest BCUT2D eigenvalue weighted by Gasteiger charge is -2.37. The predicted molar refractivity (Wildman–Crippen MR) is 64.8 cm³/mol. The molecule has 0 rings (SSSR count). The minimum Gasteiger partial charge on any atom is -0.469 e. The van der Waals surface area contributed by atoms with Crippen LogP contribution < -0.4 is 0 Å². The van der Waals surface area contributed by atoms with Crippen LogP contribution in [0.25, 0.3) is 0 Å². The molecule has 0 aliphatic carbocycles. The van der Waals surface area contributed by atoms with Crippen molar-refractivity contribution in [1.29, 1.82) is 0 Å². The second kappa shape index (κ2) is 5.59. The molecule has 0 saturated heterocycles. The van der Waals surface area contributed by atoms with Gasteiger partial charge in [0.05, 0.1) is 13.5 Å². The van der Waals surface area contributed by atoms with Gasteiger partial charge in [-0.3, -0.25) is 4.79 Å². The van der Waals surface area contributed by atoms with Gasteiger partial charge in [0.25, 0.3) is 0 Å². The van der Waals surface area contributed by atoms with E-state index in [0.29, 0.717) is 6.29 Å². The smallest absolute Gasteiger partial charge is 0.308 e. The minimum absolute atomic E-state index is 0.00743. The standard InChI is InChI=1S/C11H22O4Si/c1-11(2,3)16(5,6)15-9(8-12)7-10(13)14-4/h8-9H,7H2,1-6H3. The molecule has 0 aliphatic rings. The Labute approximate surface area is 98.4 Å². The Bertz CT molecular complexity index is 255. The number of aldehydes is 1. The highest BCUT2D eigenvalue weighted by Crippen LogP contribution is 2.37. The molecule has 16 heavy (non-hydrogen) atoms. The van der Waals surface area contributed by atoms with Crippen LogP contribution in [0.2, 0.25) is 18.1 Å². The third-order valence-corrected chi connectivity index (χ3v) is 7.50. The summed E-state index contributed by atoms with van der Waals surface area (Å²) in [4.78, 5) is 21.9. The van der Waals surface area contributed by atoms with Crippen molar-refractivity contribution in [3.8, 4) is 0 Å². The Morgan fingerprint density at radius 2 is 1.88 bits per heavy atom. The first kappa shape index (κ1) is 15.3. The average molecular weight is 246 g/mol. The molecule has 0 fully saturated rings. The zero-order valence-electron chi connectivity index (χ0n) is 11.0. The van der Waals surface area contributed by atoms with Gasteiger partial charge in [0.2, 0.25) is 0 Å². The van der Waals surface area contributed by atoms with Gasteiger partial charge in [0.15, 0.2) is 8.32 Å². The van der Waals surface area contributed by atoms with E-state index >= 15 is 0 Å². The summed E-state index contributed by atoms with van der Waals surface area (Å²) in [6.07, 6.45) is -0.0162. The van der Waals surface area contributed by atoms with E-state index in [9.17, 15) is 9.59 Å². The number of hydrogen-bond acceptors (Lipinski definition) is 4. The number of methoxy groups -OCH3 is 1. The van der Waals surface area contributed by atoms with Crippen LogP contribution >= 0.6 is 0 Å². The molecule has 0 saturated carbocycles. The fourth-order valence-corrected chi connectivity index (χ4v) is 2.17. The van der Waals surface area contributed by atoms with Gasteiger partial charge in [-0.05, 0) is 18.1 Å². The molecule has 0 heterocycles. The van der Waals surface area contributed by atoms with E-state index in [0.717, 1.165) is 0 Å². The number of carbonyl (C=O) groups is 2. The van der Waals surface area contributed by atoms with Gasteiger partial charge in [-0.1, -0.05) is 20.8 Å². The third-order valence-electron chi connectivity index (χ3n) is 3.00. The van der Waals surface area contributed by atoms with Crippen LogP contribution in [0.15, 0.2) is 0 Å². The molecule has 0 spiro atoms. The van der Waals surface area contributed by atoms with Crippen molar-refractivity contribution < 1.29 is 18.8 Å². The monoisotopic (exact) mass is 246 g/mol. The van der Waals surface area contributed by atoms with Crippen LogP contribution in [0.3, 0.4) is 0 Å². The van der Waals surface area contributed by atoms with E-state index in [1.165, 1.54) is 7.11 Å². The molecule has 4 nitrogen and oxygen atoms in total. The summed E-state index contributed by atoms with van der Waals surface area (Å²) < 4.78 is 10.3. The molecule has 0 aliphatic heterocycles. The van der Waals surface area contributed by atoms with Crippen LogP contribution in [-0.4, -0.2) is 33.8 Å². The second-order valence-electron chi connectivity index (χ2n) is 5.33. The lowest BCUT2D eigenvalue weighted by molar-refractivity contribution is -0.143. The summed E-state index contributed by atoms with van der Waals surface area (Å²) in [7, 11) is -0.705. The molecule has 0 aromatic heterocycles. The van der Waals surface area contributed by atoms with Crippen LogP contribution in [0.1, 0.15) is 27.2 Å². The molecule has 0 radical (unpaired) electrons. The van der Waals surface area contributed by atoms with Crippen molar-refractivity contribution in [2.24, 2.45) is 0 Å². The van der Waals surface area contributed by atoms with E-state index in [1.54, 1.807) is 0 Å². The van der Waals surface area contributed by atoms with Crippen molar-refractivity contribution in [2.45, 2.75) is 51.4 Å². The first-order chi connectivity index (χ1) is 7.14. The number of rotatable bonds is 5. The normalized spacial score (nSPS) is 14.4. The summed E-state index contributed by atoms with van der Waals surface area (Å²) in [6, 6.07) is 0. The number of ether oxygens (including phenoxy) is 1. The summed E-state index contributed by atoms with van der Waals surface area (Å²) in [5, 5.41) is 0.0182. The predicted octanol–water partition coefficient (Wildman–Crippen LogP) is 2.14. The summed E-state index contributed by atoms with van der Waals surface area (Å²) in [5.41, 5.74) is 0. The van der Waals surface area contributed by atoms with Crippen molar-refractivity contribution in [1.82, 2.24) is 0 Å². The largest absolute Gasteiger partial charge is 0.469 e. The van der Waals surface area contributed by atoms with E-state index in [1.807, 2.05) is 13.1 Å². The van der Waals surface area contributed by atoms with Gasteiger partial charge in [-0.2, -0.15) is 0 Å². The quantitative estimate of drug-likeness (QED) is 0.424. The van der Waals surface area contributed by atoms with E-state index in [2.05, 4.69) is 25.5 Å². The molecule has 0 amide bonds. The maximum Gasteiger partial charge on any atom is 0.308 e. The molecule has 5 heteroatoms. The lowest BCUT2D eigenvalue weighted by Crippen LogP contribution is -2.44. The Morgan fingerprint density at radius 3 is 2.19 bits per heavy atom.